The number of nitrogens with zero attached hydrogens (tertiary/aromatic N) is 3. The Kier molecular flexibility index (Phi) is 10.5. The van der Waals surface area contributed by atoms with Gasteiger partial charge in [0.2, 0.25) is 23.6 Å². The summed E-state index contributed by atoms with van der Waals surface area (Å²) in [4.78, 5) is 71.0. The van der Waals surface area contributed by atoms with Crippen molar-refractivity contribution in [2.75, 3.05) is 38.8 Å². The molecule has 2 saturated heterocycles. The predicted octanol–water partition coefficient (Wildman–Crippen LogP) is 1.00. The second-order valence-corrected chi connectivity index (χ2v) is 15.4. The van der Waals surface area contributed by atoms with Gasteiger partial charge < -0.3 is 29.9 Å². The van der Waals surface area contributed by atoms with Gasteiger partial charge in [-0.1, -0.05) is 18.2 Å². The number of para-hydroxylation sites is 1. The van der Waals surface area contributed by atoms with Crippen LogP contribution in [0.15, 0.2) is 24.3 Å². The lowest BCUT2D eigenvalue weighted by atomic mass is 10.00. The van der Waals surface area contributed by atoms with E-state index < -0.39 is 69.2 Å². The highest BCUT2D eigenvalue weighted by atomic mass is 32.2. The average Bonchev–Trinajstić information content (AvgIpc) is 3.38. The molecular weight excluding hydrogens is 618 g/mol. The molecule has 1 aromatic rings. The number of rotatable bonds is 7. The number of hydrogen-bond donors (Lipinski definition) is 2. The van der Waals surface area contributed by atoms with Gasteiger partial charge in [-0.15, -0.1) is 0 Å². The van der Waals surface area contributed by atoms with Crippen molar-refractivity contribution < 1.29 is 41.9 Å². The third-order valence-corrected chi connectivity index (χ3v) is 9.24. The molecule has 4 rings (SSSR count). The van der Waals surface area contributed by atoms with Gasteiger partial charge in [0.15, 0.2) is 9.84 Å². The second-order valence-electron chi connectivity index (χ2n) is 13.3. The van der Waals surface area contributed by atoms with Gasteiger partial charge in [-0.3, -0.25) is 24.1 Å². The molecule has 15 heteroatoms. The van der Waals surface area contributed by atoms with Crippen LogP contribution in [0.3, 0.4) is 0 Å². The molecular formula is C31H45N5O9S. The summed E-state index contributed by atoms with van der Waals surface area (Å²) in [5, 5.41) is 5.77. The lowest BCUT2D eigenvalue weighted by Crippen LogP contribution is -2.63. The van der Waals surface area contributed by atoms with E-state index in [1.54, 1.807) is 20.8 Å². The monoisotopic (exact) mass is 663 g/mol. The summed E-state index contributed by atoms with van der Waals surface area (Å²) in [6.07, 6.45) is 1.97. The first-order chi connectivity index (χ1) is 21.4. The predicted molar refractivity (Wildman–Crippen MR) is 167 cm³/mol. The van der Waals surface area contributed by atoms with Gasteiger partial charge in [-0.25, -0.2) is 13.2 Å². The Morgan fingerprint density at radius 2 is 1.76 bits per heavy atom. The van der Waals surface area contributed by atoms with Gasteiger partial charge in [-0.2, -0.15) is 0 Å². The van der Waals surface area contributed by atoms with E-state index in [4.69, 9.17) is 9.47 Å². The highest BCUT2D eigenvalue weighted by Gasteiger charge is 2.46. The Morgan fingerprint density at radius 3 is 2.43 bits per heavy atom. The largest absolute Gasteiger partial charge is 0.493 e. The van der Waals surface area contributed by atoms with E-state index in [0.717, 1.165) is 16.7 Å². The zero-order chi connectivity index (χ0) is 34.0. The minimum atomic E-state index is -3.66. The first kappa shape index (κ1) is 35.0. The maximum atomic E-state index is 14.2. The van der Waals surface area contributed by atoms with Crippen molar-refractivity contribution in [3.8, 4) is 5.75 Å². The second kappa shape index (κ2) is 13.9. The quantitative estimate of drug-likeness (QED) is 0.432. The van der Waals surface area contributed by atoms with E-state index in [2.05, 4.69) is 10.6 Å². The summed E-state index contributed by atoms with van der Waals surface area (Å²) >= 11 is 0. The fraction of sp³-hybridized carbons (Fsp3) is 0.645. The van der Waals surface area contributed by atoms with Crippen LogP contribution >= 0.6 is 0 Å². The zero-order valence-electron chi connectivity index (χ0n) is 27.3. The maximum absolute atomic E-state index is 14.2. The molecule has 0 saturated carbocycles. The fourth-order valence-corrected chi connectivity index (χ4v) is 6.63. The smallest absolute Gasteiger partial charge is 0.410 e. The van der Waals surface area contributed by atoms with Gasteiger partial charge in [-0.05, 0) is 53.0 Å². The van der Waals surface area contributed by atoms with E-state index in [-0.39, 0.29) is 25.0 Å². The number of carbonyl (C=O) groups excluding carboxylic acids is 5. The third-order valence-electron chi connectivity index (χ3n) is 8.46. The van der Waals surface area contributed by atoms with Crippen LogP contribution < -0.4 is 15.4 Å². The van der Waals surface area contributed by atoms with Crippen molar-refractivity contribution in [3.63, 3.8) is 0 Å². The molecule has 0 aromatic heterocycles. The molecule has 3 heterocycles. The van der Waals surface area contributed by atoms with Crippen molar-refractivity contribution in [2.24, 2.45) is 0 Å². The summed E-state index contributed by atoms with van der Waals surface area (Å²) in [6, 6.07) is 3.56. The van der Waals surface area contributed by atoms with Crippen molar-refractivity contribution >= 4 is 39.6 Å². The molecule has 0 radical (unpaired) electrons. The highest BCUT2D eigenvalue weighted by molar-refractivity contribution is 7.91. The Bertz CT molecular complexity index is 1460. The fourth-order valence-electron chi connectivity index (χ4n) is 6.00. The zero-order valence-corrected chi connectivity index (χ0v) is 28.1. The number of amides is 5. The molecule has 2 fully saturated rings. The number of sulfone groups is 1. The Balaban J connectivity index is 1.56. The first-order valence-corrected chi connectivity index (χ1v) is 17.6. The first-order valence-electron chi connectivity index (χ1n) is 15.5. The lowest BCUT2D eigenvalue weighted by molar-refractivity contribution is -0.147. The van der Waals surface area contributed by atoms with Gasteiger partial charge >= 0.3 is 6.09 Å². The van der Waals surface area contributed by atoms with Crippen LogP contribution in [0.4, 0.5) is 4.79 Å². The van der Waals surface area contributed by atoms with E-state index in [1.807, 2.05) is 24.3 Å². The summed E-state index contributed by atoms with van der Waals surface area (Å²) in [5.74, 6) is -2.31. The summed E-state index contributed by atoms with van der Waals surface area (Å²) in [7, 11) is -2.27. The highest BCUT2D eigenvalue weighted by Crippen LogP contribution is 2.34. The molecule has 14 nitrogen and oxygen atoms in total. The number of nitrogens with one attached hydrogen (secondary N) is 2. The number of likely N-dealkylation sites (N-methyl/N-ethyl adjacent to an activating group) is 1. The molecule has 1 aromatic carbocycles. The maximum Gasteiger partial charge on any atom is 0.410 e. The molecule has 0 unspecified atom stereocenters. The van der Waals surface area contributed by atoms with Crippen LogP contribution in [-0.2, 0) is 33.8 Å². The van der Waals surface area contributed by atoms with E-state index >= 15 is 0 Å². The minimum absolute atomic E-state index is 0.129. The Morgan fingerprint density at radius 1 is 1.07 bits per heavy atom. The number of ether oxygens (including phenoxy) is 2. The molecule has 3 aliphatic heterocycles. The van der Waals surface area contributed by atoms with Gasteiger partial charge in [0.05, 0.1) is 12.6 Å². The van der Waals surface area contributed by atoms with Crippen LogP contribution in [0, 0.1) is 0 Å². The van der Waals surface area contributed by atoms with Crippen molar-refractivity contribution in [1.82, 2.24) is 25.3 Å². The third kappa shape index (κ3) is 8.47. The number of hydrogen-bond acceptors (Lipinski definition) is 9. The topological polar surface area (TPSA) is 172 Å². The lowest BCUT2D eigenvalue weighted by Gasteiger charge is -2.39. The molecule has 5 atom stereocenters. The molecule has 254 valence electrons. The van der Waals surface area contributed by atoms with Gasteiger partial charge in [0, 0.05) is 44.4 Å². The van der Waals surface area contributed by atoms with E-state index in [9.17, 15) is 32.4 Å². The van der Waals surface area contributed by atoms with Crippen LogP contribution in [0.1, 0.15) is 65.0 Å². The number of carbonyl (C=O) groups is 5. The van der Waals surface area contributed by atoms with E-state index in [1.165, 1.54) is 23.8 Å². The molecule has 46 heavy (non-hydrogen) atoms. The SMILES string of the molecule is C[C@@H](C(=O)N[C@H]1CN(C(=O)CS(C)(=O)=O)CC[C@H]2CC[C@@H](C(=O)N[C@@H]3CCOc4ccccc43)N2C1=O)N(C)C(=O)OC(C)(C)C. The molecule has 3 aliphatic rings. The van der Waals surface area contributed by atoms with Crippen LogP contribution in [-0.4, -0.2) is 121 Å². The summed E-state index contributed by atoms with van der Waals surface area (Å²) in [6.45, 7) is 6.81. The molecule has 5 amide bonds. The number of fused-ring (bicyclic) bond motifs is 2. The molecule has 0 bridgehead atoms. The van der Waals surface area contributed by atoms with Crippen LogP contribution in [0.5, 0.6) is 5.75 Å². The standard InChI is InChI=1S/C31H45N5O9S/c1-19(34(5)30(41)45-31(2,3)4)27(38)33-23-17-35(26(37)18-46(6,42)43)15-13-20-11-12-24(36(20)29(23)40)28(39)32-22-14-16-44-25-10-8-7-9-21(22)25/h7-10,19-20,22-24H,11-18H2,1-6H3,(H,32,39)(H,33,38)/t19-,20+,22+,23-,24-/m0/s1. The van der Waals surface area contributed by atoms with E-state index in [0.29, 0.717) is 38.0 Å². The average molecular weight is 664 g/mol. The van der Waals surface area contributed by atoms with Crippen LogP contribution in [0.2, 0.25) is 0 Å². The minimum Gasteiger partial charge on any atom is -0.493 e. The van der Waals surface area contributed by atoms with Gasteiger partial charge in [0.25, 0.3) is 0 Å². The van der Waals surface area contributed by atoms with Crippen molar-refractivity contribution in [2.45, 2.75) is 89.2 Å². The van der Waals surface area contributed by atoms with Gasteiger partial charge in [0.1, 0.15) is 35.2 Å². The Hall–Kier alpha value is -3.88. The molecule has 2 N–H and O–H groups in total. The Labute approximate surface area is 270 Å². The van der Waals surface area contributed by atoms with Crippen LogP contribution in [0.25, 0.3) is 0 Å². The van der Waals surface area contributed by atoms with Crippen molar-refractivity contribution in [1.29, 1.82) is 0 Å². The normalized spacial score (nSPS) is 23.9. The molecule has 0 aliphatic carbocycles. The summed E-state index contributed by atoms with van der Waals surface area (Å²) < 4.78 is 35.0. The van der Waals surface area contributed by atoms with Crippen molar-refractivity contribution in [3.05, 3.63) is 29.8 Å². The molecule has 0 spiro atoms. The number of benzene rings is 1. The summed E-state index contributed by atoms with van der Waals surface area (Å²) in [5.41, 5.74) is 0.0498.